The number of nitrogens with one attached hydrogen (secondary N) is 1. The summed E-state index contributed by atoms with van der Waals surface area (Å²) in [6.07, 6.45) is 0. The Morgan fingerprint density at radius 1 is 1.37 bits per heavy atom. The molecule has 0 aromatic heterocycles. The van der Waals surface area contributed by atoms with Crippen LogP contribution < -0.4 is 15.5 Å². The number of ether oxygens (including phenoxy) is 1. The van der Waals surface area contributed by atoms with Crippen LogP contribution in [0.5, 0.6) is 5.75 Å². The first-order chi connectivity index (χ1) is 9.04. The van der Waals surface area contributed by atoms with Crippen LogP contribution in [0.4, 0.5) is 11.4 Å². The maximum Gasteiger partial charge on any atom is 0.444 e. The summed E-state index contributed by atoms with van der Waals surface area (Å²) >= 11 is 0. The van der Waals surface area contributed by atoms with Crippen LogP contribution in [-0.4, -0.2) is 24.0 Å². The lowest BCUT2D eigenvalue weighted by molar-refractivity contribution is -0.385. The quantitative estimate of drug-likeness (QED) is 0.453. The first-order valence-electron chi connectivity index (χ1n) is 4.85. The topological polar surface area (TPSA) is 120 Å². The van der Waals surface area contributed by atoms with Gasteiger partial charge in [0.1, 0.15) is 0 Å². The Morgan fingerprint density at radius 2 is 2.11 bits per heavy atom. The van der Waals surface area contributed by atoms with Gasteiger partial charge >= 0.3 is 17.6 Å². The molecular formula is C9H7N3O7. The summed E-state index contributed by atoms with van der Waals surface area (Å²) in [6, 6.07) is 4.08. The van der Waals surface area contributed by atoms with Gasteiger partial charge in [-0.1, -0.05) is 11.2 Å². The van der Waals surface area contributed by atoms with Gasteiger partial charge in [0.05, 0.1) is 12.0 Å². The molecule has 0 unspecified atom stereocenters. The van der Waals surface area contributed by atoms with Crippen LogP contribution in [0.15, 0.2) is 18.2 Å². The third-order valence-corrected chi connectivity index (χ3v) is 2.16. The van der Waals surface area contributed by atoms with Crippen LogP contribution in [-0.2, 0) is 19.3 Å². The van der Waals surface area contributed by atoms with Gasteiger partial charge in [0, 0.05) is 0 Å². The average molecular weight is 269 g/mol. The Labute approximate surface area is 105 Å². The van der Waals surface area contributed by atoms with E-state index < -0.39 is 22.5 Å². The molecule has 0 spiro atoms. The number of methoxy groups -OCH3 is 1. The van der Waals surface area contributed by atoms with E-state index in [0.717, 1.165) is 0 Å². The number of rotatable bonds is 3. The van der Waals surface area contributed by atoms with Crippen molar-refractivity contribution in [1.82, 2.24) is 5.59 Å². The van der Waals surface area contributed by atoms with E-state index in [4.69, 9.17) is 4.74 Å². The second kappa shape index (κ2) is 4.78. The molecule has 1 aliphatic rings. The Balaban J connectivity index is 2.42. The van der Waals surface area contributed by atoms with E-state index in [-0.39, 0.29) is 11.4 Å². The molecule has 0 aliphatic carbocycles. The summed E-state index contributed by atoms with van der Waals surface area (Å²) in [5.74, 6) is -2.62. The van der Waals surface area contributed by atoms with Crippen LogP contribution in [0.3, 0.4) is 0 Å². The Bertz CT molecular complexity index is 559. The number of nitrogens with zero attached hydrogens (tertiary/aromatic N) is 2. The van der Waals surface area contributed by atoms with Gasteiger partial charge in [-0.3, -0.25) is 10.1 Å². The second-order valence-electron chi connectivity index (χ2n) is 3.24. The van der Waals surface area contributed by atoms with Gasteiger partial charge in [-0.15, -0.1) is 0 Å². The first kappa shape index (κ1) is 12.6. The molecule has 1 N–H and O–H groups in total. The number of hydrogen-bond donors (Lipinski definition) is 1. The van der Waals surface area contributed by atoms with Crippen molar-refractivity contribution in [1.29, 1.82) is 0 Å². The van der Waals surface area contributed by atoms with Crippen LogP contribution in [0.25, 0.3) is 0 Å². The minimum absolute atomic E-state index is 0.0442. The number of anilines is 1. The maximum atomic E-state index is 11.0. The van der Waals surface area contributed by atoms with E-state index in [1.54, 1.807) is 0 Å². The molecule has 10 nitrogen and oxygen atoms in total. The third-order valence-electron chi connectivity index (χ3n) is 2.16. The third kappa shape index (κ3) is 2.24. The summed E-state index contributed by atoms with van der Waals surface area (Å²) in [5, 5.41) is 11.6. The number of hydrazine groups is 1. The number of nitro groups is 1. The van der Waals surface area contributed by atoms with E-state index in [2.05, 4.69) is 9.68 Å². The van der Waals surface area contributed by atoms with Gasteiger partial charge in [-0.2, -0.15) is 0 Å². The number of nitro benzene ring substituents is 1. The van der Waals surface area contributed by atoms with Crippen LogP contribution in [0, 0.1) is 10.1 Å². The molecule has 1 heterocycles. The summed E-state index contributed by atoms with van der Waals surface area (Å²) in [7, 11) is 1.25. The van der Waals surface area contributed by atoms with Gasteiger partial charge in [0.15, 0.2) is 11.4 Å². The van der Waals surface area contributed by atoms with Crippen LogP contribution in [0.2, 0.25) is 0 Å². The van der Waals surface area contributed by atoms with Crippen molar-refractivity contribution >= 4 is 23.3 Å². The molecule has 1 aliphatic heterocycles. The van der Waals surface area contributed by atoms with Crippen molar-refractivity contribution in [3.05, 3.63) is 28.3 Å². The molecule has 0 bridgehead atoms. The van der Waals surface area contributed by atoms with Crippen molar-refractivity contribution in [3.63, 3.8) is 0 Å². The molecular weight excluding hydrogens is 262 g/mol. The average Bonchev–Trinajstić information content (AvgIpc) is 2.40. The lowest BCUT2D eigenvalue weighted by Crippen LogP contribution is -2.49. The fraction of sp³-hybridized carbons (Fsp3) is 0.111. The maximum absolute atomic E-state index is 11.0. The number of hydrogen-bond acceptors (Lipinski definition) is 9. The molecule has 1 saturated heterocycles. The molecule has 1 aromatic rings. The zero-order valence-electron chi connectivity index (χ0n) is 9.48. The van der Waals surface area contributed by atoms with E-state index in [9.17, 15) is 19.7 Å². The number of para-hydroxylation sites is 1. The summed E-state index contributed by atoms with van der Waals surface area (Å²) in [4.78, 5) is 40.9. The van der Waals surface area contributed by atoms with Gasteiger partial charge < -0.3 is 14.4 Å². The SMILES string of the molecule is COc1cccc(N2NOC(=O)C(=O)O2)c1[N+](=O)[O-]. The molecule has 100 valence electrons. The summed E-state index contributed by atoms with van der Waals surface area (Å²) in [6.45, 7) is 0. The molecule has 1 aromatic carbocycles. The molecule has 2 rings (SSSR count). The van der Waals surface area contributed by atoms with Crippen molar-refractivity contribution < 1.29 is 28.9 Å². The molecule has 0 saturated carbocycles. The fourth-order valence-corrected chi connectivity index (χ4v) is 1.38. The van der Waals surface area contributed by atoms with E-state index in [1.165, 1.54) is 25.3 Å². The highest BCUT2D eigenvalue weighted by molar-refractivity contribution is 6.30. The molecule has 0 atom stereocenters. The predicted molar refractivity (Wildman–Crippen MR) is 57.4 cm³/mol. The van der Waals surface area contributed by atoms with E-state index in [0.29, 0.717) is 5.17 Å². The highest BCUT2D eigenvalue weighted by Gasteiger charge is 2.34. The van der Waals surface area contributed by atoms with E-state index in [1.807, 2.05) is 5.59 Å². The van der Waals surface area contributed by atoms with Gasteiger partial charge in [0.2, 0.25) is 0 Å². The summed E-state index contributed by atoms with van der Waals surface area (Å²) < 4.78 is 4.84. The zero-order chi connectivity index (χ0) is 14.0. The Hall–Kier alpha value is -2.88. The normalized spacial score (nSPS) is 14.7. The number of carbonyl (C=O) groups is 2. The van der Waals surface area contributed by atoms with Crippen LogP contribution in [0.1, 0.15) is 0 Å². The zero-order valence-corrected chi connectivity index (χ0v) is 9.48. The largest absolute Gasteiger partial charge is 0.490 e. The minimum atomic E-state index is -1.31. The standard InChI is InChI=1S/C9H7N3O7/c1-17-6-4-2-3-5(7(6)12(15)16)11-10-18-8(13)9(14)19-11/h2-4,10H,1H3. The summed E-state index contributed by atoms with van der Waals surface area (Å²) in [5.41, 5.74) is 1.33. The minimum Gasteiger partial charge on any atom is -0.490 e. The first-order valence-corrected chi connectivity index (χ1v) is 4.85. The van der Waals surface area contributed by atoms with Gasteiger partial charge in [-0.05, 0) is 17.7 Å². The molecule has 19 heavy (non-hydrogen) atoms. The Morgan fingerprint density at radius 3 is 2.68 bits per heavy atom. The fourth-order valence-electron chi connectivity index (χ4n) is 1.38. The van der Waals surface area contributed by atoms with Gasteiger partial charge in [0.25, 0.3) is 0 Å². The highest BCUT2D eigenvalue weighted by Crippen LogP contribution is 2.36. The highest BCUT2D eigenvalue weighted by atomic mass is 16.9. The molecule has 10 heteroatoms. The predicted octanol–water partition coefficient (Wildman–Crippen LogP) is -0.156. The van der Waals surface area contributed by atoms with Crippen LogP contribution >= 0.6 is 0 Å². The molecule has 0 amide bonds. The van der Waals surface area contributed by atoms with Crippen molar-refractivity contribution in [2.75, 3.05) is 12.3 Å². The molecule has 1 fully saturated rings. The lowest BCUT2D eigenvalue weighted by atomic mass is 10.2. The molecule has 0 radical (unpaired) electrons. The lowest BCUT2D eigenvalue weighted by Gasteiger charge is -2.25. The van der Waals surface area contributed by atoms with Crippen molar-refractivity contribution in [2.45, 2.75) is 0 Å². The second-order valence-corrected chi connectivity index (χ2v) is 3.24. The van der Waals surface area contributed by atoms with E-state index >= 15 is 0 Å². The monoisotopic (exact) mass is 269 g/mol. The smallest absolute Gasteiger partial charge is 0.444 e. The number of benzene rings is 1. The Kier molecular flexibility index (Phi) is 3.16. The van der Waals surface area contributed by atoms with Crippen molar-refractivity contribution in [2.24, 2.45) is 0 Å². The van der Waals surface area contributed by atoms with Gasteiger partial charge in [-0.25, -0.2) is 9.59 Å². The number of carbonyl (C=O) groups excluding carboxylic acids is 2. The van der Waals surface area contributed by atoms with Crippen molar-refractivity contribution in [3.8, 4) is 5.75 Å².